The second-order valence-corrected chi connectivity index (χ2v) is 2.35. The largest absolute Gasteiger partial charge is 0.142 e. The molecule has 0 aromatic heterocycles. The maximum Gasteiger partial charge on any atom is 0.142 e. The zero-order valence-electron chi connectivity index (χ0n) is 6.59. The zero-order valence-corrected chi connectivity index (χ0v) is 6.59. The first-order valence-electron chi connectivity index (χ1n) is 3.70. The van der Waals surface area contributed by atoms with Crippen molar-refractivity contribution in [3.05, 3.63) is 48.4 Å². The average molecular weight is 140 g/mol. The molecule has 0 N–H and O–H groups in total. The maximum atomic E-state index is 3.73. The second-order valence-electron chi connectivity index (χ2n) is 2.35. The molecule has 1 rings (SSSR count). The molecule has 0 aromatic rings. The van der Waals surface area contributed by atoms with E-state index in [9.17, 15) is 0 Å². The smallest absolute Gasteiger partial charge is 0.0996 e. The second kappa shape index (κ2) is 4.07. The molecule has 0 saturated carbocycles. The molecular weight excluding hydrogens is 130 g/mol. The van der Waals surface area contributed by atoms with Crippen LogP contribution < -0.4 is 0 Å². The van der Waals surface area contributed by atoms with Gasteiger partial charge in [0.15, 0.2) is 0 Å². The van der Waals surface area contributed by atoms with E-state index in [1.165, 1.54) is 10.9 Å². The summed E-state index contributed by atoms with van der Waals surface area (Å²) in [5.41, 5.74) is 2.48. The minimum atomic E-state index is 1.03. The van der Waals surface area contributed by atoms with Gasteiger partial charge >= 0.3 is 0 Å². The molecule has 1 aliphatic rings. The van der Waals surface area contributed by atoms with Gasteiger partial charge in [0.05, 0.1) is 0 Å². The normalized spacial score (nSPS) is 16.4. The van der Waals surface area contributed by atoms with Crippen LogP contribution in [-0.2, 0) is 0 Å². The molecule has 2 radical (unpaired) electrons. The van der Waals surface area contributed by atoms with Gasteiger partial charge in [-0.3, -0.25) is 0 Å². The van der Waals surface area contributed by atoms with Crippen LogP contribution in [0.2, 0.25) is 6.22 Å². The minimum absolute atomic E-state index is 1.03. The van der Waals surface area contributed by atoms with Gasteiger partial charge in [-0.05, 0) is 0 Å². The van der Waals surface area contributed by atoms with Gasteiger partial charge < -0.3 is 0 Å². The molecule has 0 unspecified atom stereocenters. The van der Waals surface area contributed by atoms with Crippen molar-refractivity contribution in [3.63, 3.8) is 0 Å². The van der Waals surface area contributed by atoms with Crippen LogP contribution in [-0.4, -0.2) is 14.6 Å². The van der Waals surface area contributed by atoms with Gasteiger partial charge in [0.1, 0.15) is 14.6 Å². The Hall–Kier alpha value is -0.910. The van der Waals surface area contributed by atoms with Gasteiger partial charge in [0, 0.05) is 0 Å². The van der Waals surface area contributed by atoms with E-state index in [1.807, 2.05) is 18.2 Å². The molecule has 0 saturated heterocycles. The minimum Gasteiger partial charge on any atom is -0.0996 e. The molecular formula is C9H10B2. The molecule has 0 spiro atoms. The molecule has 0 nitrogen and oxygen atoms in total. The summed E-state index contributed by atoms with van der Waals surface area (Å²) in [7, 11) is 4.34. The van der Waals surface area contributed by atoms with E-state index >= 15 is 0 Å². The SMILES string of the molecule is C=C/C=C\C1=C(C=C)[B]C[B]1. The molecule has 52 valence electrons. The first-order chi connectivity index (χ1) is 5.38. The number of hydrogen-bond donors (Lipinski definition) is 0. The lowest BCUT2D eigenvalue weighted by molar-refractivity contribution is 1.79. The third kappa shape index (κ3) is 2.01. The molecule has 2 heteroatoms. The third-order valence-electron chi connectivity index (χ3n) is 1.64. The molecule has 1 heterocycles. The number of hydrogen-bond acceptors (Lipinski definition) is 0. The van der Waals surface area contributed by atoms with E-state index in [1.54, 1.807) is 6.08 Å². The van der Waals surface area contributed by atoms with Crippen molar-refractivity contribution in [1.82, 2.24) is 0 Å². The highest BCUT2D eigenvalue weighted by Gasteiger charge is 2.10. The first kappa shape index (κ1) is 8.19. The zero-order chi connectivity index (χ0) is 8.10. The van der Waals surface area contributed by atoms with Gasteiger partial charge in [-0.15, -0.1) is 0 Å². The van der Waals surface area contributed by atoms with Crippen molar-refractivity contribution >= 4 is 14.6 Å². The molecule has 1 aliphatic heterocycles. The van der Waals surface area contributed by atoms with Crippen molar-refractivity contribution < 1.29 is 0 Å². The maximum absolute atomic E-state index is 3.73. The van der Waals surface area contributed by atoms with E-state index in [0.29, 0.717) is 0 Å². The fourth-order valence-corrected chi connectivity index (χ4v) is 1.09. The van der Waals surface area contributed by atoms with Gasteiger partial charge in [-0.2, -0.15) is 0 Å². The van der Waals surface area contributed by atoms with E-state index in [0.717, 1.165) is 6.22 Å². The monoisotopic (exact) mass is 140 g/mol. The Kier molecular flexibility index (Phi) is 3.03. The van der Waals surface area contributed by atoms with Gasteiger partial charge in [-0.25, -0.2) is 0 Å². The molecule has 0 amide bonds. The van der Waals surface area contributed by atoms with E-state index in [2.05, 4.69) is 27.7 Å². The predicted molar refractivity (Wildman–Crippen MR) is 52.9 cm³/mol. The Bertz CT molecular complexity index is 224. The Morgan fingerprint density at radius 1 is 1.18 bits per heavy atom. The van der Waals surface area contributed by atoms with Crippen molar-refractivity contribution in [2.75, 3.05) is 0 Å². The molecule has 11 heavy (non-hydrogen) atoms. The summed E-state index contributed by atoms with van der Waals surface area (Å²) in [6, 6.07) is 0. The Morgan fingerprint density at radius 3 is 2.55 bits per heavy atom. The molecule has 0 aliphatic carbocycles. The van der Waals surface area contributed by atoms with E-state index in [4.69, 9.17) is 0 Å². The van der Waals surface area contributed by atoms with Crippen LogP contribution >= 0.6 is 0 Å². The average Bonchev–Trinajstić information content (AvgIpc) is 2.47. The standard InChI is InChI=1S/C9H10B2/c1-3-5-6-9-8(4-2)10-7-11-9/h3-6H,1-2,7H2/b6-5-. The highest BCUT2D eigenvalue weighted by Crippen LogP contribution is 2.14. The van der Waals surface area contributed by atoms with Crippen LogP contribution in [0.1, 0.15) is 0 Å². The van der Waals surface area contributed by atoms with Crippen molar-refractivity contribution in [2.24, 2.45) is 0 Å². The van der Waals surface area contributed by atoms with Crippen LogP contribution in [0, 0.1) is 0 Å². The lowest BCUT2D eigenvalue weighted by Gasteiger charge is -1.94. The summed E-state index contributed by atoms with van der Waals surface area (Å²) < 4.78 is 0. The quantitative estimate of drug-likeness (QED) is 0.414. The topological polar surface area (TPSA) is 0 Å². The molecule has 0 atom stereocenters. The Labute approximate surface area is 69.9 Å². The summed E-state index contributed by atoms with van der Waals surface area (Å²) in [5.74, 6) is 0. The van der Waals surface area contributed by atoms with E-state index in [-0.39, 0.29) is 0 Å². The lowest BCUT2D eigenvalue weighted by atomic mass is 9.60. The van der Waals surface area contributed by atoms with Gasteiger partial charge in [0.2, 0.25) is 0 Å². The summed E-state index contributed by atoms with van der Waals surface area (Å²) in [6.07, 6.45) is 8.67. The molecule has 0 fully saturated rings. The summed E-state index contributed by atoms with van der Waals surface area (Å²) in [5, 5.41) is 0. The van der Waals surface area contributed by atoms with Crippen LogP contribution in [0.5, 0.6) is 0 Å². The number of allylic oxidation sites excluding steroid dienone is 6. The number of rotatable bonds is 3. The third-order valence-corrected chi connectivity index (χ3v) is 1.64. The highest BCUT2D eigenvalue weighted by molar-refractivity contribution is 6.72. The van der Waals surface area contributed by atoms with Crippen molar-refractivity contribution in [3.8, 4) is 0 Å². The highest BCUT2D eigenvalue weighted by atomic mass is 13.9. The Morgan fingerprint density at radius 2 is 1.91 bits per heavy atom. The van der Waals surface area contributed by atoms with Crippen LogP contribution in [0.15, 0.2) is 48.4 Å². The van der Waals surface area contributed by atoms with E-state index < -0.39 is 0 Å². The summed E-state index contributed by atoms with van der Waals surface area (Å²) in [4.78, 5) is 0. The summed E-state index contributed by atoms with van der Waals surface area (Å²) >= 11 is 0. The van der Waals surface area contributed by atoms with Gasteiger partial charge in [0.25, 0.3) is 0 Å². The first-order valence-corrected chi connectivity index (χ1v) is 3.70. The fourth-order valence-electron chi connectivity index (χ4n) is 1.09. The fraction of sp³-hybridized carbons (Fsp3) is 0.111. The Balaban J connectivity index is 2.74. The van der Waals surface area contributed by atoms with Crippen molar-refractivity contribution in [1.29, 1.82) is 0 Å². The molecule has 0 bridgehead atoms. The molecule has 0 aromatic carbocycles. The van der Waals surface area contributed by atoms with Gasteiger partial charge in [-0.1, -0.05) is 54.6 Å². The van der Waals surface area contributed by atoms with Crippen LogP contribution in [0.4, 0.5) is 0 Å². The van der Waals surface area contributed by atoms with Crippen LogP contribution in [0.3, 0.4) is 0 Å². The van der Waals surface area contributed by atoms with Crippen molar-refractivity contribution in [2.45, 2.75) is 6.22 Å². The van der Waals surface area contributed by atoms with Crippen LogP contribution in [0.25, 0.3) is 0 Å². The lowest BCUT2D eigenvalue weighted by Crippen LogP contribution is -1.84. The summed E-state index contributed by atoms with van der Waals surface area (Å²) in [6.45, 7) is 7.35. The predicted octanol–water partition coefficient (Wildman–Crippen LogP) is 1.92.